The van der Waals surface area contributed by atoms with E-state index in [-0.39, 0.29) is 12.1 Å². The van der Waals surface area contributed by atoms with E-state index < -0.39 is 11.9 Å². The van der Waals surface area contributed by atoms with E-state index in [1.54, 1.807) is 0 Å². The van der Waals surface area contributed by atoms with Crippen molar-refractivity contribution in [3.05, 3.63) is 0 Å². The molecule has 1 aliphatic carbocycles. The molecule has 5 nitrogen and oxygen atoms in total. The van der Waals surface area contributed by atoms with Crippen LogP contribution in [0.1, 0.15) is 38.5 Å². The minimum Gasteiger partial charge on any atom is -0.481 e. The molecule has 1 saturated carbocycles. The van der Waals surface area contributed by atoms with Gasteiger partial charge in [0.1, 0.15) is 0 Å². The molecule has 0 bridgehead atoms. The first kappa shape index (κ1) is 15.5. The van der Waals surface area contributed by atoms with Crippen molar-refractivity contribution < 1.29 is 14.7 Å². The third-order valence-electron chi connectivity index (χ3n) is 4.22. The molecule has 3 N–H and O–H groups in total. The molecule has 2 aliphatic rings. The van der Waals surface area contributed by atoms with E-state index in [4.69, 9.17) is 0 Å². The Morgan fingerprint density at radius 1 is 1.15 bits per heavy atom. The summed E-state index contributed by atoms with van der Waals surface area (Å²) in [6.45, 7) is 0.698. The minimum atomic E-state index is -0.788. The number of carbonyl (C=O) groups excluding carboxylic acids is 1. The Kier molecular flexibility index (Phi) is 6.01. The number of thioether (sulfide) groups is 1. The Bertz CT molecular complexity index is 345. The Hall–Kier alpha value is -0.910. The van der Waals surface area contributed by atoms with Crippen molar-refractivity contribution in [1.29, 1.82) is 0 Å². The van der Waals surface area contributed by atoms with Gasteiger partial charge < -0.3 is 15.7 Å². The smallest absolute Gasteiger partial charge is 0.315 e. The lowest BCUT2D eigenvalue weighted by atomic mass is 9.95. The molecule has 0 spiro atoms. The fraction of sp³-hybridized carbons (Fsp3) is 0.857. The van der Waals surface area contributed by atoms with E-state index in [0.29, 0.717) is 18.9 Å². The Morgan fingerprint density at radius 3 is 2.65 bits per heavy atom. The molecule has 6 heteroatoms. The molecule has 0 aromatic carbocycles. The van der Waals surface area contributed by atoms with Gasteiger partial charge in [-0.1, -0.05) is 19.3 Å². The molecule has 20 heavy (non-hydrogen) atoms. The second-order valence-corrected chi connectivity index (χ2v) is 6.92. The fourth-order valence-electron chi connectivity index (χ4n) is 2.98. The lowest BCUT2D eigenvalue weighted by molar-refractivity contribution is -0.142. The first-order valence-corrected chi connectivity index (χ1v) is 8.67. The highest BCUT2D eigenvalue weighted by Crippen LogP contribution is 2.24. The van der Waals surface area contributed by atoms with Gasteiger partial charge in [0, 0.05) is 12.6 Å². The zero-order valence-electron chi connectivity index (χ0n) is 11.8. The number of carboxylic acid groups (broad SMARTS) is 1. The van der Waals surface area contributed by atoms with E-state index in [9.17, 15) is 14.7 Å². The summed E-state index contributed by atoms with van der Waals surface area (Å²) < 4.78 is 0. The molecule has 1 saturated heterocycles. The van der Waals surface area contributed by atoms with Crippen LogP contribution in [0.5, 0.6) is 0 Å². The van der Waals surface area contributed by atoms with Gasteiger partial charge in [-0.3, -0.25) is 4.79 Å². The third kappa shape index (κ3) is 4.58. The molecule has 0 radical (unpaired) electrons. The summed E-state index contributed by atoms with van der Waals surface area (Å²) in [7, 11) is 0. The van der Waals surface area contributed by atoms with Crippen LogP contribution in [0.4, 0.5) is 4.79 Å². The van der Waals surface area contributed by atoms with Gasteiger partial charge in [0.05, 0.1) is 5.92 Å². The normalized spacial score (nSPS) is 30.5. The van der Waals surface area contributed by atoms with Crippen molar-refractivity contribution in [2.24, 2.45) is 11.8 Å². The topological polar surface area (TPSA) is 78.4 Å². The van der Waals surface area contributed by atoms with Crippen LogP contribution >= 0.6 is 11.8 Å². The summed E-state index contributed by atoms with van der Waals surface area (Å²) in [6, 6.07) is -0.437. The van der Waals surface area contributed by atoms with Crippen LogP contribution in [0, 0.1) is 11.8 Å². The molecule has 0 aromatic rings. The number of aliphatic carboxylic acids is 1. The molecule has 1 heterocycles. The standard InChI is InChI=1S/C14H24N2O3S/c17-13(18)11-4-2-1-3-5-12(11)16-14(19)15-8-10-6-7-20-9-10/h10-12H,1-9H2,(H,17,18)(H2,15,16,19). The Labute approximate surface area is 124 Å². The first-order chi connectivity index (χ1) is 9.66. The van der Waals surface area contributed by atoms with Crippen LogP contribution in [0.2, 0.25) is 0 Å². The number of carboxylic acids is 1. The monoisotopic (exact) mass is 300 g/mol. The van der Waals surface area contributed by atoms with Crippen LogP contribution in [0.25, 0.3) is 0 Å². The summed E-state index contributed by atoms with van der Waals surface area (Å²) in [5.41, 5.74) is 0. The summed E-state index contributed by atoms with van der Waals surface area (Å²) >= 11 is 1.93. The molecule has 0 aromatic heterocycles. The van der Waals surface area contributed by atoms with Crippen LogP contribution in [-0.4, -0.2) is 41.2 Å². The number of rotatable bonds is 4. The molecule has 1 aliphatic heterocycles. The highest BCUT2D eigenvalue weighted by molar-refractivity contribution is 7.99. The van der Waals surface area contributed by atoms with Gasteiger partial charge >= 0.3 is 12.0 Å². The van der Waals surface area contributed by atoms with Gasteiger partial charge in [-0.05, 0) is 36.7 Å². The number of carbonyl (C=O) groups is 2. The molecule has 2 amide bonds. The number of amides is 2. The van der Waals surface area contributed by atoms with E-state index in [1.807, 2.05) is 11.8 Å². The van der Waals surface area contributed by atoms with Crippen molar-refractivity contribution >= 4 is 23.8 Å². The lowest BCUT2D eigenvalue weighted by Gasteiger charge is -2.23. The summed E-state index contributed by atoms with van der Waals surface area (Å²) in [4.78, 5) is 23.2. The number of hydrogen-bond donors (Lipinski definition) is 3. The highest BCUT2D eigenvalue weighted by atomic mass is 32.2. The van der Waals surface area contributed by atoms with E-state index in [0.717, 1.165) is 37.9 Å². The molecule has 2 fully saturated rings. The van der Waals surface area contributed by atoms with Gasteiger partial charge in [-0.2, -0.15) is 11.8 Å². The minimum absolute atomic E-state index is 0.208. The molecular formula is C14H24N2O3S. The predicted octanol–water partition coefficient (Wildman–Crippen LogP) is 2.07. The van der Waals surface area contributed by atoms with E-state index in [1.165, 1.54) is 5.75 Å². The SMILES string of the molecule is O=C(NCC1CCSC1)NC1CCCCCC1C(=O)O. The van der Waals surface area contributed by atoms with Gasteiger partial charge in [0.2, 0.25) is 0 Å². The molecule has 2 rings (SSSR count). The molecule has 3 unspecified atom stereocenters. The van der Waals surface area contributed by atoms with Crippen molar-refractivity contribution in [3.8, 4) is 0 Å². The molecule has 114 valence electrons. The van der Waals surface area contributed by atoms with Gasteiger partial charge in [-0.25, -0.2) is 4.79 Å². The average molecular weight is 300 g/mol. The molecular weight excluding hydrogens is 276 g/mol. The van der Waals surface area contributed by atoms with Crippen molar-refractivity contribution in [2.45, 2.75) is 44.6 Å². The number of urea groups is 1. The third-order valence-corrected chi connectivity index (χ3v) is 5.46. The maximum atomic E-state index is 11.9. The number of nitrogens with one attached hydrogen (secondary N) is 2. The van der Waals surface area contributed by atoms with Crippen molar-refractivity contribution in [3.63, 3.8) is 0 Å². The summed E-state index contributed by atoms with van der Waals surface area (Å²) in [6.07, 6.45) is 5.59. The van der Waals surface area contributed by atoms with Gasteiger partial charge in [-0.15, -0.1) is 0 Å². The van der Waals surface area contributed by atoms with Crippen molar-refractivity contribution in [1.82, 2.24) is 10.6 Å². The van der Waals surface area contributed by atoms with Crippen LogP contribution in [-0.2, 0) is 4.79 Å². The van der Waals surface area contributed by atoms with E-state index >= 15 is 0 Å². The Balaban J connectivity index is 1.79. The van der Waals surface area contributed by atoms with Gasteiger partial charge in [0.15, 0.2) is 0 Å². The second kappa shape index (κ2) is 7.76. The van der Waals surface area contributed by atoms with Crippen molar-refractivity contribution in [2.75, 3.05) is 18.1 Å². The largest absolute Gasteiger partial charge is 0.481 e. The predicted molar refractivity (Wildman–Crippen MR) is 80.0 cm³/mol. The molecule has 3 atom stereocenters. The fourth-order valence-corrected chi connectivity index (χ4v) is 4.26. The maximum Gasteiger partial charge on any atom is 0.315 e. The first-order valence-electron chi connectivity index (χ1n) is 7.51. The lowest BCUT2D eigenvalue weighted by Crippen LogP contribution is -2.48. The summed E-state index contributed by atoms with van der Waals surface area (Å²) in [5, 5.41) is 15.0. The summed E-state index contributed by atoms with van der Waals surface area (Å²) in [5.74, 6) is 1.63. The van der Waals surface area contributed by atoms with Crippen LogP contribution in [0.3, 0.4) is 0 Å². The number of hydrogen-bond acceptors (Lipinski definition) is 3. The average Bonchev–Trinajstić information content (AvgIpc) is 2.82. The second-order valence-electron chi connectivity index (χ2n) is 5.77. The van der Waals surface area contributed by atoms with E-state index in [2.05, 4.69) is 10.6 Å². The quantitative estimate of drug-likeness (QED) is 0.695. The van der Waals surface area contributed by atoms with Crippen LogP contribution in [0.15, 0.2) is 0 Å². The Morgan fingerprint density at radius 2 is 1.95 bits per heavy atom. The highest BCUT2D eigenvalue weighted by Gasteiger charge is 2.30. The zero-order valence-corrected chi connectivity index (χ0v) is 12.6. The zero-order chi connectivity index (χ0) is 14.4. The van der Waals surface area contributed by atoms with Crippen LogP contribution < -0.4 is 10.6 Å². The van der Waals surface area contributed by atoms with Gasteiger partial charge in [0.25, 0.3) is 0 Å². The maximum absolute atomic E-state index is 11.9.